The highest BCUT2D eigenvalue weighted by atomic mass is 32.2. The van der Waals surface area contributed by atoms with Gasteiger partial charge in [-0.05, 0) is 25.0 Å². The Bertz CT molecular complexity index is 1060. The normalized spacial score (nSPS) is 16.6. The lowest BCUT2D eigenvalue weighted by Crippen LogP contribution is -2.38. The Kier molecular flexibility index (Phi) is 6.20. The second-order valence-corrected chi connectivity index (χ2v) is 9.29. The molecule has 156 valence electrons. The number of rotatable bonds is 8. The Labute approximate surface area is 173 Å². The molecule has 1 aliphatic rings. The molecule has 0 aliphatic carbocycles. The molecule has 0 spiro atoms. The van der Waals surface area contributed by atoms with Gasteiger partial charge in [-0.15, -0.1) is 0 Å². The number of fused-ring (bicyclic) bond motifs is 1. The third-order valence-corrected chi connectivity index (χ3v) is 7.57. The topological polar surface area (TPSA) is 99.4 Å². The van der Waals surface area contributed by atoms with Crippen molar-refractivity contribution < 1.29 is 17.9 Å². The monoisotopic (exact) mass is 437 g/mol. The predicted octanol–water partition coefficient (Wildman–Crippen LogP) is 2.08. The molecule has 1 saturated heterocycles. The molecule has 3 aromatic rings. The van der Waals surface area contributed by atoms with Crippen molar-refractivity contribution in [2.75, 3.05) is 33.4 Å². The Morgan fingerprint density at radius 2 is 2.03 bits per heavy atom. The molecule has 0 amide bonds. The van der Waals surface area contributed by atoms with Gasteiger partial charge in [0.05, 0.1) is 24.9 Å². The average molecular weight is 438 g/mol. The molecular weight excluding hydrogens is 414 g/mol. The van der Waals surface area contributed by atoms with Crippen molar-refractivity contribution >= 4 is 32.8 Å². The van der Waals surface area contributed by atoms with Gasteiger partial charge in [-0.1, -0.05) is 6.07 Å². The number of nitrogens with zero attached hydrogens (tertiary/aromatic N) is 5. The molecule has 4 rings (SSSR count). The molecule has 0 bridgehead atoms. The highest BCUT2D eigenvalue weighted by Crippen LogP contribution is 2.31. The molecule has 3 heterocycles. The van der Waals surface area contributed by atoms with Crippen LogP contribution in [0.15, 0.2) is 35.5 Å². The summed E-state index contributed by atoms with van der Waals surface area (Å²) in [6.45, 7) is 2.36. The van der Waals surface area contributed by atoms with Gasteiger partial charge in [0.15, 0.2) is 0 Å². The van der Waals surface area contributed by atoms with Crippen LogP contribution in [-0.2, 0) is 26.2 Å². The largest absolute Gasteiger partial charge is 0.382 e. The second-order valence-electron chi connectivity index (χ2n) is 6.85. The number of methoxy groups -OCH3 is 1. The minimum absolute atomic E-state index is 0.194. The molecule has 0 N–H and O–H groups in total. The second kappa shape index (κ2) is 8.84. The first kappa shape index (κ1) is 20.4. The number of hydrogen-bond donors (Lipinski definition) is 0. The summed E-state index contributed by atoms with van der Waals surface area (Å²) in [5, 5.41) is 0. The number of benzene rings is 1. The maximum absolute atomic E-state index is 13.2. The van der Waals surface area contributed by atoms with Crippen molar-refractivity contribution in [1.82, 2.24) is 22.6 Å². The summed E-state index contributed by atoms with van der Waals surface area (Å²) in [5.74, 6) is 1.13. The number of hydrogen-bond acceptors (Lipinski definition) is 8. The molecular formula is C18H23N5O4S2. The van der Waals surface area contributed by atoms with Gasteiger partial charge in [0.25, 0.3) is 0 Å². The van der Waals surface area contributed by atoms with Crippen molar-refractivity contribution in [3.63, 3.8) is 0 Å². The van der Waals surface area contributed by atoms with E-state index in [4.69, 9.17) is 9.47 Å². The Balaban J connectivity index is 1.44. The standard InChI is InChI=1S/C18H23N5O4S2/c1-26-11-12-27-13-22-10-7-19-18(22)14-5-8-23(9-6-14)29(24,25)16-4-2-3-15-17(16)21-28-20-15/h2-4,7,10,14H,5-6,8-9,11-13H2,1H3. The fourth-order valence-electron chi connectivity index (χ4n) is 3.58. The molecule has 1 fully saturated rings. The zero-order valence-electron chi connectivity index (χ0n) is 16.1. The third kappa shape index (κ3) is 4.19. The van der Waals surface area contributed by atoms with Crippen LogP contribution in [0.4, 0.5) is 0 Å². The Morgan fingerprint density at radius 3 is 2.83 bits per heavy atom. The van der Waals surface area contributed by atoms with Gasteiger partial charge in [-0.3, -0.25) is 0 Å². The van der Waals surface area contributed by atoms with Crippen molar-refractivity contribution in [3.05, 3.63) is 36.4 Å². The van der Waals surface area contributed by atoms with E-state index in [1.165, 1.54) is 0 Å². The number of aromatic nitrogens is 4. The van der Waals surface area contributed by atoms with E-state index >= 15 is 0 Å². The molecule has 0 unspecified atom stereocenters. The number of sulfonamides is 1. The molecule has 2 aromatic heterocycles. The fourth-order valence-corrected chi connectivity index (χ4v) is 5.80. The van der Waals surface area contributed by atoms with E-state index in [0.717, 1.165) is 17.6 Å². The summed E-state index contributed by atoms with van der Waals surface area (Å²) in [5.41, 5.74) is 1.06. The van der Waals surface area contributed by atoms with Crippen LogP contribution in [0.3, 0.4) is 0 Å². The zero-order valence-corrected chi connectivity index (χ0v) is 17.7. The Hall–Kier alpha value is -1.92. The van der Waals surface area contributed by atoms with Gasteiger partial charge in [0, 0.05) is 38.5 Å². The fraction of sp³-hybridized carbons (Fsp3) is 0.500. The summed E-state index contributed by atoms with van der Waals surface area (Å²) in [4.78, 5) is 4.72. The van der Waals surface area contributed by atoms with Crippen LogP contribution in [0.2, 0.25) is 0 Å². The summed E-state index contributed by atoms with van der Waals surface area (Å²) in [7, 11) is -1.97. The summed E-state index contributed by atoms with van der Waals surface area (Å²) in [6, 6.07) is 5.09. The number of piperidine rings is 1. The van der Waals surface area contributed by atoms with Gasteiger partial charge in [0.2, 0.25) is 10.0 Å². The molecule has 0 atom stereocenters. The maximum atomic E-state index is 13.2. The van der Waals surface area contributed by atoms with Crippen molar-refractivity contribution in [2.45, 2.75) is 30.4 Å². The molecule has 0 saturated carbocycles. The quantitative estimate of drug-likeness (QED) is 0.498. The van der Waals surface area contributed by atoms with Crippen LogP contribution in [0.1, 0.15) is 24.6 Å². The van der Waals surface area contributed by atoms with E-state index in [1.807, 2.05) is 10.8 Å². The van der Waals surface area contributed by atoms with Gasteiger partial charge in [0.1, 0.15) is 28.5 Å². The van der Waals surface area contributed by atoms with E-state index < -0.39 is 10.0 Å². The number of imidazole rings is 1. The van der Waals surface area contributed by atoms with E-state index in [-0.39, 0.29) is 10.8 Å². The highest BCUT2D eigenvalue weighted by molar-refractivity contribution is 7.89. The van der Waals surface area contributed by atoms with E-state index in [2.05, 4.69) is 13.7 Å². The van der Waals surface area contributed by atoms with Gasteiger partial charge >= 0.3 is 0 Å². The lowest BCUT2D eigenvalue weighted by atomic mass is 9.97. The minimum atomic E-state index is -3.61. The first-order valence-corrected chi connectivity index (χ1v) is 11.6. The first-order valence-electron chi connectivity index (χ1n) is 9.40. The lowest BCUT2D eigenvalue weighted by Gasteiger charge is -2.31. The first-order chi connectivity index (χ1) is 14.1. The van der Waals surface area contributed by atoms with Crippen LogP contribution in [-0.4, -0.2) is 64.4 Å². The van der Waals surface area contributed by atoms with Gasteiger partial charge in [-0.2, -0.15) is 13.1 Å². The SMILES string of the molecule is COCCOCn1ccnc1C1CCN(S(=O)(=O)c2cccc3nsnc23)CC1. The predicted molar refractivity (Wildman–Crippen MR) is 108 cm³/mol. The van der Waals surface area contributed by atoms with E-state index in [9.17, 15) is 8.42 Å². The molecule has 1 aliphatic heterocycles. The zero-order chi connectivity index (χ0) is 20.3. The van der Waals surface area contributed by atoms with Crippen LogP contribution >= 0.6 is 11.7 Å². The lowest BCUT2D eigenvalue weighted by molar-refractivity contribution is 0.0321. The Morgan fingerprint density at radius 1 is 1.21 bits per heavy atom. The maximum Gasteiger partial charge on any atom is 0.245 e. The van der Waals surface area contributed by atoms with Crippen molar-refractivity contribution in [1.29, 1.82) is 0 Å². The van der Waals surface area contributed by atoms with Crippen LogP contribution in [0.5, 0.6) is 0 Å². The average Bonchev–Trinajstić information content (AvgIpc) is 3.40. The minimum Gasteiger partial charge on any atom is -0.382 e. The molecule has 1 aromatic carbocycles. The van der Waals surface area contributed by atoms with Crippen LogP contribution in [0, 0.1) is 0 Å². The van der Waals surface area contributed by atoms with Gasteiger partial charge < -0.3 is 14.0 Å². The van der Waals surface area contributed by atoms with Crippen molar-refractivity contribution in [2.24, 2.45) is 0 Å². The number of ether oxygens (including phenoxy) is 2. The molecule has 9 nitrogen and oxygen atoms in total. The van der Waals surface area contributed by atoms with Gasteiger partial charge in [-0.25, -0.2) is 13.4 Å². The van der Waals surface area contributed by atoms with Crippen LogP contribution in [0.25, 0.3) is 11.0 Å². The van der Waals surface area contributed by atoms with Crippen LogP contribution < -0.4 is 0 Å². The summed E-state index contributed by atoms with van der Waals surface area (Å²) in [6.07, 6.45) is 5.06. The molecule has 29 heavy (non-hydrogen) atoms. The molecule has 0 radical (unpaired) electrons. The van der Waals surface area contributed by atoms with Crippen molar-refractivity contribution in [3.8, 4) is 0 Å². The summed E-state index contributed by atoms with van der Waals surface area (Å²) < 4.78 is 48.8. The highest BCUT2D eigenvalue weighted by Gasteiger charge is 2.33. The summed E-state index contributed by atoms with van der Waals surface area (Å²) >= 11 is 1.03. The molecule has 11 heteroatoms. The smallest absolute Gasteiger partial charge is 0.245 e. The van der Waals surface area contributed by atoms with E-state index in [1.54, 1.807) is 35.8 Å². The third-order valence-electron chi connectivity index (χ3n) is 5.10. The van der Waals surface area contributed by atoms with E-state index in [0.29, 0.717) is 56.9 Å².